The molecule has 0 bridgehead atoms. The lowest BCUT2D eigenvalue weighted by Gasteiger charge is -2.42. The summed E-state index contributed by atoms with van der Waals surface area (Å²) in [5.74, 6) is -0.297. The molecule has 0 saturated heterocycles. The molecule has 0 amide bonds. The van der Waals surface area contributed by atoms with E-state index in [-0.39, 0.29) is 17.4 Å². The first-order valence-electron chi connectivity index (χ1n) is 10.0. The van der Waals surface area contributed by atoms with Crippen LogP contribution in [-0.2, 0) is 21.4 Å². The van der Waals surface area contributed by atoms with Crippen molar-refractivity contribution in [1.82, 2.24) is 9.88 Å². The molecule has 3 heterocycles. The Kier molecular flexibility index (Phi) is 4.09. The van der Waals surface area contributed by atoms with Crippen LogP contribution in [-0.4, -0.2) is 35.5 Å². The summed E-state index contributed by atoms with van der Waals surface area (Å²) in [6.45, 7) is 3.15. The van der Waals surface area contributed by atoms with E-state index in [1.54, 1.807) is 0 Å². The average Bonchev–Trinajstić information content (AvgIpc) is 3.10. The molecule has 0 radical (unpaired) electrons. The number of rotatable bonds is 2. The summed E-state index contributed by atoms with van der Waals surface area (Å²) in [5, 5.41) is 1.28. The molecule has 2 atom stereocenters. The molecular weight excluding hydrogens is 360 g/mol. The van der Waals surface area contributed by atoms with E-state index >= 15 is 0 Å². The van der Waals surface area contributed by atoms with E-state index in [0.29, 0.717) is 5.57 Å². The number of esters is 1. The quantitative estimate of drug-likeness (QED) is 0.669. The van der Waals surface area contributed by atoms with Gasteiger partial charge in [0.15, 0.2) is 0 Å². The Hall–Kier alpha value is -3.27. The summed E-state index contributed by atoms with van der Waals surface area (Å²) in [4.78, 5) is 18.2. The second-order valence-corrected chi connectivity index (χ2v) is 7.96. The Labute approximate surface area is 170 Å². The maximum atomic E-state index is 12.1. The molecule has 4 heteroatoms. The van der Waals surface area contributed by atoms with E-state index in [9.17, 15) is 4.79 Å². The number of aromatic nitrogens is 1. The number of methoxy groups -OCH3 is 1. The summed E-state index contributed by atoms with van der Waals surface area (Å²) >= 11 is 0. The van der Waals surface area contributed by atoms with Gasteiger partial charge in [0.05, 0.1) is 24.1 Å². The van der Waals surface area contributed by atoms with Crippen LogP contribution in [0.15, 0.2) is 78.5 Å². The highest BCUT2D eigenvalue weighted by Crippen LogP contribution is 2.45. The number of fused-ring (bicyclic) bond motifs is 4. The second-order valence-electron chi connectivity index (χ2n) is 7.96. The van der Waals surface area contributed by atoms with Crippen LogP contribution in [0.5, 0.6) is 0 Å². The Morgan fingerprint density at radius 3 is 2.69 bits per heavy atom. The summed E-state index contributed by atoms with van der Waals surface area (Å²) in [6.07, 6.45) is 6.94. The third-order valence-electron chi connectivity index (χ3n) is 6.46. The van der Waals surface area contributed by atoms with Crippen LogP contribution in [0, 0.1) is 0 Å². The Morgan fingerprint density at radius 2 is 1.90 bits per heavy atom. The van der Waals surface area contributed by atoms with Gasteiger partial charge < -0.3 is 14.6 Å². The van der Waals surface area contributed by atoms with Crippen molar-refractivity contribution in [1.29, 1.82) is 0 Å². The number of H-pyrrole nitrogens is 1. The van der Waals surface area contributed by atoms with E-state index < -0.39 is 0 Å². The van der Waals surface area contributed by atoms with Crippen molar-refractivity contribution >= 4 is 16.9 Å². The van der Waals surface area contributed by atoms with Gasteiger partial charge in [-0.3, -0.25) is 0 Å². The zero-order valence-corrected chi connectivity index (χ0v) is 16.7. The van der Waals surface area contributed by atoms with Crippen molar-refractivity contribution in [3.63, 3.8) is 0 Å². The fourth-order valence-electron chi connectivity index (χ4n) is 4.96. The molecule has 146 valence electrons. The molecule has 3 aromatic rings. The molecule has 0 unspecified atom stereocenters. The number of hydrogen-bond donors (Lipinski definition) is 1. The van der Waals surface area contributed by atoms with Crippen LogP contribution in [0.25, 0.3) is 10.9 Å². The number of carbonyl (C=O) groups excluding carboxylic acids is 1. The predicted molar refractivity (Wildman–Crippen MR) is 115 cm³/mol. The van der Waals surface area contributed by atoms with Gasteiger partial charge in [0, 0.05) is 29.3 Å². The first kappa shape index (κ1) is 17.8. The SMILES string of the molecule is COC(=O)C1=CN2CCc3c([nH]c4ccccc34)[C@](C)(c3ccccc3)[C@H]2C=C1. The van der Waals surface area contributed by atoms with E-state index in [0.717, 1.165) is 13.0 Å². The third kappa shape index (κ3) is 2.63. The van der Waals surface area contributed by atoms with Crippen molar-refractivity contribution in [2.24, 2.45) is 0 Å². The first-order chi connectivity index (χ1) is 14.1. The molecule has 0 fully saturated rings. The van der Waals surface area contributed by atoms with Crippen LogP contribution in [0.3, 0.4) is 0 Å². The van der Waals surface area contributed by atoms with Crippen LogP contribution in [0.4, 0.5) is 0 Å². The van der Waals surface area contributed by atoms with Gasteiger partial charge in [-0.05, 0) is 36.6 Å². The minimum Gasteiger partial charge on any atom is -0.465 e. The summed E-state index contributed by atoms with van der Waals surface area (Å²) in [5.41, 5.74) is 5.36. The number of ether oxygens (including phenoxy) is 1. The number of benzene rings is 2. The number of nitrogens with one attached hydrogen (secondary N) is 1. The molecule has 29 heavy (non-hydrogen) atoms. The highest BCUT2D eigenvalue weighted by Gasteiger charge is 2.45. The van der Waals surface area contributed by atoms with Gasteiger partial charge in [-0.15, -0.1) is 0 Å². The first-order valence-corrected chi connectivity index (χ1v) is 10.0. The van der Waals surface area contributed by atoms with Gasteiger partial charge in [-0.1, -0.05) is 54.6 Å². The second kappa shape index (κ2) is 6.66. The van der Waals surface area contributed by atoms with Crippen LogP contribution >= 0.6 is 0 Å². The minimum atomic E-state index is -0.297. The molecule has 0 spiro atoms. The van der Waals surface area contributed by atoms with Gasteiger partial charge in [0.1, 0.15) is 0 Å². The van der Waals surface area contributed by atoms with E-state index in [1.807, 2.05) is 12.3 Å². The lowest BCUT2D eigenvalue weighted by atomic mass is 9.71. The molecule has 4 nitrogen and oxygen atoms in total. The summed E-state index contributed by atoms with van der Waals surface area (Å²) in [7, 11) is 1.43. The zero-order chi connectivity index (χ0) is 20.0. The van der Waals surface area contributed by atoms with Crippen LogP contribution < -0.4 is 0 Å². The standard InChI is InChI=1S/C25H24N2O2/c1-25(18-8-4-3-5-9-18)22-13-12-17(24(28)29-2)16-27(22)15-14-20-19-10-6-7-11-21(19)26-23(20)25/h3-13,16,22,26H,14-15H2,1-2H3/t22-,25-/m1/s1. The number of aromatic amines is 1. The fourth-order valence-corrected chi connectivity index (χ4v) is 4.96. The molecule has 2 aliphatic rings. The third-order valence-corrected chi connectivity index (χ3v) is 6.46. The molecule has 2 aromatic carbocycles. The number of para-hydroxylation sites is 1. The lowest BCUT2D eigenvalue weighted by Crippen LogP contribution is -2.47. The van der Waals surface area contributed by atoms with Crippen molar-refractivity contribution < 1.29 is 9.53 Å². The van der Waals surface area contributed by atoms with Crippen molar-refractivity contribution in [2.75, 3.05) is 13.7 Å². The van der Waals surface area contributed by atoms with Crippen LogP contribution in [0.1, 0.15) is 23.7 Å². The maximum absolute atomic E-state index is 12.1. The van der Waals surface area contributed by atoms with Gasteiger partial charge >= 0.3 is 5.97 Å². The summed E-state index contributed by atoms with van der Waals surface area (Å²) < 4.78 is 4.95. The topological polar surface area (TPSA) is 45.3 Å². The van der Waals surface area contributed by atoms with Crippen molar-refractivity contribution in [2.45, 2.75) is 24.8 Å². The molecule has 5 rings (SSSR count). The molecular formula is C25H24N2O2. The van der Waals surface area contributed by atoms with Gasteiger partial charge in [0.25, 0.3) is 0 Å². The maximum Gasteiger partial charge on any atom is 0.339 e. The van der Waals surface area contributed by atoms with Crippen molar-refractivity contribution in [3.8, 4) is 0 Å². The van der Waals surface area contributed by atoms with E-state index in [2.05, 4.69) is 77.5 Å². The fraction of sp³-hybridized carbons (Fsp3) is 0.240. The molecule has 1 aromatic heterocycles. The van der Waals surface area contributed by atoms with Crippen molar-refractivity contribution in [3.05, 3.63) is 95.3 Å². The monoisotopic (exact) mass is 384 g/mol. The number of carbonyl (C=O) groups is 1. The highest BCUT2D eigenvalue weighted by molar-refractivity contribution is 5.92. The van der Waals surface area contributed by atoms with E-state index in [4.69, 9.17) is 4.74 Å². The van der Waals surface area contributed by atoms with Crippen LogP contribution in [0.2, 0.25) is 0 Å². The van der Waals surface area contributed by atoms with Gasteiger partial charge in [-0.2, -0.15) is 0 Å². The Morgan fingerprint density at radius 1 is 1.14 bits per heavy atom. The molecule has 1 N–H and O–H groups in total. The molecule has 2 aliphatic heterocycles. The zero-order valence-electron chi connectivity index (χ0n) is 16.7. The van der Waals surface area contributed by atoms with E-state index in [1.165, 1.54) is 34.8 Å². The van der Waals surface area contributed by atoms with Gasteiger partial charge in [0.2, 0.25) is 0 Å². The molecule has 0 saturated carbocycles. The predicted octanol–water partition coefficient (Wildman–Crippen LogP) is 4.33. The highest BCUT2D eigenvalue weighted by atomic mass is 16.5. The number of hydrogen-bond acceptors (Lipinski definition) is 3. The smallest absolute Gasteiger partial charge is 0.339 e. The minimum absolute atomic E-state index is 0.0904. The number of nitrogens with zero attached hydrogens (tertiary/aromatic N) is 1. The Balaban J connectivity index is 1.74. The molecule has 0 aliphatic carbocycles. The Bertz CT molecular complexity index is 1140. The average molecular weight is 384 g/mol. The van der Waals surface area contributed by atoms with Gasteiger partial charge in [-0.25, -0.2) is 4.79 Å². The normalized spacial score (nSPS) is 23.2. The largest absolute Gasteiger partial charge is 0.465 e. The lowest BCUT2D eigenvalue weighted by molar-refractivity contribution is -0.135. The summed E-state index contributed by atoms with van der Waals surface area (Å²) in [6, 6.07) is 19.3.